The smallest absolute Gasteiger partial charge is 0.127 e. The van der Waals surface area contributed by atoms with Gasteiger partial charge in [-0.2, -0.15) is 0 Å². The summed E-state index contributed by atoms with van der Waals surface area (Å²) >= 11 is 12.4. The third kappa shape index (κ3) is 3.91. The van der Waals surface area contributed by atoms with E-state index in [1.165, 1.54) is 0 Å². The van der Waals surface area contributed by atoms with Gasteiger partial charge >= 0.3 is 0 Å². The summed E-state index contributed by atoms with van der Waals surface area (Å²) in [5.41, 5.74) is 2.07. The first-order valence-electron chi connectivity index (χ1n) is 7.13. The first-order chi connectivity index (χ1) is 9.84. The topological polar surface area (TPSA) is 27.1 Å². The van der Waals surface area contributed by atoms with Gasteiger partial charge in [0, 0.05) is 25.3 Å². The highest BCUT2D eigenvalue weighted by molar-refractivity contribution is 6.31. The van der Waals surface area contributed by atoms with Gasteiger partial charge in [0.1, 0.15) is 5.82 Å². The molecule has 0 amide bonds. The summed E-state index contributed by atoms with van der Waals surface area (Å²) in [6.45, 7) is 8.01. The predicted molar refractivity (Wildman–Crippen MR) is 89.3 cm³/mol. The fourth-order valence-corrected chi connectivity index (χ4v) is 2.81. The lowest BCUT2D eigenvalue weighted by Crippen LogP contribution is -2.23. The number of halogens is 2. The lowest BCUT2D eigenvalue weighted by molar-refractivity contribution is 0.142. The molecule has 0 saturated carbocycles. The molecule has 0 spiro atoms. The van der Waals surface area contributed by atoms with Crippen LogP contribution in [0.15, 0.2) is 18.2 Å². The molecular weight excluding hydrogens is 307 g/mol. The average molecular weight is 329 g/mol. The van der Waals surface area contributed by atoms with E-state index in [1.54, 1.807) is 7.11 Å². The highest BCUT2D eigenvalue weighted by Gasteiger charge is 2.23. The summed E-state index contributed by atoms with van der Waals surface area (Å²) in [6.07, 6.45) is 0.979. The molecule has 0 aliphatic carbocycles. The minimum absolute atomic E-state index is 0.101. The van der Waals surface area contributed by atoms with Crippen molar-refractivity contribution >= 4 is 34.2 Å². The molecule has 3 nitrogen and oxygen atoms in total. The number of nitrogens with zero attached hydrogens (tertiary/aromatic N) is 2. The number of rotatable bonds is 6. The van der Waals surface area contributed by atoms with Gasteiger partial charge in [-0.05, 0) is 37.0 Å². The van der Waals surface area contributed by atoms with E-state index in [2.05, 4.69) is 23.4 Å². The third-order valence-corrected chi connectivity index (χ3v) is 4.09. The van der Waals surface area contributed by atoms with E-state index in [1.807, 2.05) is 25.1 Å². The molecule has 2 rings (SSSR count). The zero-order valence-corrected chi connectivity index (χ0v) is 14.5. The fraction of sp³-hybridized carbons (Fsp3) is 0.562. The molecule has 0 aliphatic heterocycles. The minimum Gasteiger partial charge on any atom is -0.385 e. The van der Waals surface area contributed by atoms with Crippen LogP contribution in [0.5, 0.6) is 0 Å². The van der Waals surface area contributed by atoms with Gasteiger partial charge in [0.25, 0.3) is 0 Å². The van der Waals surface area contributed by atoms with E-state index in [0.717, 1.165) is 36.4 Å². The summed E-state index contributed by atoms with van der Waals surface area (Å²) in [7, 11) is 1.73. The molecule has 2 aromatic rings. The molecule has 1 atom stereocenters. The third-order valence-electron chi connectivity index (χ3n) is 3.66. The van der Waals surface area contributed by atoms with Crippen LogP contribution in [0.3, 0.4) is 0 Å². The molecule has 0 bridgehead atoms. The van der Waals surface area contributed by atoms with Gasteiger partial charge in [-0.1, -0.05) is 25.4 Å². The Bertz CT molecular complexity index is 620. The largest absolute Gasteiger partial charge is 0.385 e. The van der Waals surface area contributed by atoms with Crippen LogP contribution in [-0.2, 0) is 11.3 Å². The van der Waals surface area contributed by atoms with Gasteiger partial charge in [-0.3, -0.25) is 0 Å². The number of fused-ring (bicyclic) bond motifs is 1. The first-order valence-corrected chi connectivity index (χ1v) is 7.94. The lowest BCUT2D eigenvalue weighted by atomic mass is 9.89. The van der Waals surface area contributed by atoms with Crippen molar-refractivity contribution in [2.24, 2.45) is 5.41 Å². The summed E-state index contributed by atoms with van der Waals surface area (Å²) in [5.74, 6) is 0.888. The summed E-state index contributed by atoms with van der Waals surface area (Å²) in [6, 6.07) is 5.80. The van der Waals surface area contributed by atoms with Crippen molar-refractivity contribution in [1.82, 2.24) is 9.55 Å². The van der Waals surface area contributed by atoms with Crippen molar-refractivity contribution in [3.63, 3.8) is 0 Å². The Morgan fingerprint density at radius 1 is 1.38 bits per heavy atom. The van der Waals surface area contributed by atoms with E-state index < -0.39 is 0 Å². The molecule has 1 heterocycles. The standard InChI is InChI=1S/C16H22Cl2N2O/c1-11(17)15-19-13-9-12(18)5-6-14(13)20(15)10-16(2,3)7-8-21-4/h5-6,9,11H,7-8,10H2,1-4H3. The molecule has 116 valence electrons. The molecule has 1 unspecified atom stereocenters. The fourth-order valence-electron chi connectivity index (χ4n) is 2.48. The second kappa shape index (κ2) is 6.55. The average Bonchev–Trinajstić information content (AvgIpc) is 2.74. The molecule has 1 aromatic carbocycles. The van der Waals surface area contributed by atoms with Crippen molar-refractivity contribution in [1.29, 1.82) is 0 Å². The maximum Gasteiger partial charge on any atom is 0.127 e. The van der Waals surface area contributed by atoms with Crippen LogP contribution in [0, 0.1) is 5.41 Å². The van der Waals surface area contributed by atoms with Gasteiger partial charge in [0.05, 0.1) is 16.4 Å². The molecule has 21 heavy (non-hydrogen) atoms. The van der Waals surface area contributed by atoms with E-state index in [0.29, 0.717) is 5.02 Å². The number of benzene rings is 1. The van der Waals surface area contributed by atoms with Gasteiger partial charge in [0.2, 0.25) is 0 Å². The number of imidazole rings is 1. The van der Waals surface area contributed by atoms with Crippen molar-refractivity contribution in [2.45, 2.75) is 39.1 Å². The van der Waals surface area contributed by atoms with E-state index >= 15 is 0 Å². The van der Waals surface area contributed by atoms with Crippen molar-refractivity contribution in [3.8, 4) is 0 Å². The zero-order chi connectivity index (χ0) is 15.6. The Morgan fingerprint density at radius 3 is 2.71 bits per heavy atom. The second-order valence-electron chi connectivity index (χ2n) is 6.21. The zero-order valence-electron chi connectivity index (χ0n) is 13.0. The van der Waals surface area contributed by atoms with Crippen LogP contribution < -0.4 is 0 Å². The molecule has 1 aromatic heterocycles. The number of methoxy groups -OCH3 is 1. The van der Waals surface area contributed by atoms with Crippen molar-refractivity contribution < 1.29 is 4.74 Å². The quantitative estimate of drug-likeness (QED) is 0.693. The Balaban J connectivity index is 2.43. The molecule has 0 aliphatic rings. The Morgan fingerprint density at radius 2 is 2.10 bits per heavy atom. The highest BCUT2D eigenvalue weighted by Crippen LogP contribution is 2.31. The van der Waals surface area contributed by atoms with Crippen LogP contribution in [0.4, 0.5) is 0 Å². The number of ether oxygens (including phenoxy) is 1. The minimum atomic E-state index is -0.144. The summed E-state index contributed by atoms with van der Waals surface area (Å²) < 4.78 is 7.42. The van der Waals surface area contributed by atoms with Crippen LogP contribution in [0.1, 0.15) is 38.4 Å². The Kier molecular flexibility index (Phi) is 5.18. The first kappa shape index (κ1) is 16.6. The van der Waals surface area contributed by atoms with Crippen LogP contribution in [0.2, 0.25) is 5.02 Å². The number of hydrogen-bond donors (Lipinski definition) is 0. The summed E-state index contributed by atoms with van der Waals surface area (Å²) in [5, 5.41) is 0.550. The van der Waals surface area contributed by atoms with Crippen LogP contribution in [0.25, 0.3) is 11.0 Å². The van der Waals surface area contributed by atoms with Gasteiger partial charge in [-0.25, -0.2) is 4.98 Å². The Labute approximate surface area is 136 Å². The van der Waals surface area contributed by atoms with Gasteiger partial charge in [-0.15, -0.1) is 11.6 Å². The lowest BCUT2D eigenvalue weighted by Gasteiger charge is -2.26. The van der Waals surface area contributed by atoms with E-state index in [9.17, 15) is 0 Å². The number of alkyl halides is 1. The molecule has 0 radical (unpaired) electrons. The highest BCUT2D eigenvalue weighted by atomic mass is 35.5. The SMILES string of the molecule is COCCC(C)(C)Cn1c(C(C)Cl)nc2cc(Cl)ccc21. The van der Waals surface area contributed by atoms with E-state index in [-0.39, 0.29) is 10.8 Å². The number of hydrogen-bond acceptors (Lipinski definition) is 2. The number of aromatic nitrogens is 2. The molecule has 5 heteroatoms. The normalized spacial score (nSPS) is 13.8. The maximum atomic E-state index is 6.31. The Hall–Kier alpha value is -0.770. The molecule has 0 fully saturated rings. The molecular formula is C16H22Cl2N2O. The second-order valence-corrected chi connectivity index (χ2v) is 7.30. The van der Waals surface area contributed by atoms with Crippen molar-refractivity contribution in [3.05, 3.63) is 29.0 Å². The van der Waals surface area contributed by atoms with Gasteiger partial charge in [0.15, 0.2) is 0 Å². The molecule has 0 saturated heterocycles. The predicted octanol–water partition coefficient (Wildman–Crippen LogP) is 5.05. The van der Waals surface area contributed by atoms with Gasteiger partial charge < -0.3 is 9.30 Å². The van der Waals surface area contributed by atoms with E-state index in [4.69, 9.17) is 27.9 Å². The molecule has 0 N–H and O–H groups in total. The summed E-state index contributed by atoms with van der Waals surface area (Å²) in [4.78, 5) is 4.65. The van der Waals surface area contributed by atoms with Crippen molar-refractivity contribution in [2.75, 3.05) is 13.7 Å². The van der Waals surface area contributed by atoms with Crippen LogP contribution in [-0.4, -0.2) is 23.3 Å². The monoisotopic (exact) mass is 328 g/mol. The maximum absolute atomic E-state index is 6.31. The van der Waals surface area contributed by atoms with Crippen LogP contribution >= 0.6 is 23.2 Å².